The Hall–Kier alpha value is -2.23. The summed E-state index contributed by atoms with van der Waals surface area (Å²) in [5, 5.41) is 17.4. The number of fused-ring (bicyclic) bond motifs is 1. The highest BCUT2D eigenvalue weighted by Gasteiger charge is 2.36. The molecular weight excluding hydrogens is 300 g/mol. The predicted molar refractivity (Wildman–Crippen MR) is 90.1 cm³/mol. The Morgan fingerprint density at radius 3 is 2.62 bits per heavy atom. The third kappa shape index (κ3) is 2.60. The normalized spacial score (nSPS) is 20.2. The number of nitriles is 1. The van der Waals surface area contributed by atoms with Crippen LogP contribution in [0.25, 0.3) is 0 Å². The smallest absolute Gasteiger partial charge is 0.147 e. The van der Waals surface area contributed by atoms with Gasteiger partial charge in [-0.2, -0.15) is 5.26 Å². The summed E-state index contributed by atoms with van der Waals surface area (Å²) in [6.07, 6.45) is 0. The summed E-state index contributed by atoms with van der Waals surface area (Å²) in [6, 6.07) is 11.1. The van der Waals surface area contributed by atoms with Crippen molar-refractivity contribution in [1.29, 1.82) is 5.26 Å². The first-order valence-corrected chi connectivity index (χ1v) is 8.52. The highest BCUT2D eigenvalue weighted by molar-refractivity contribution is 5.32. The van der Waals surface area contributed by atoms with Gasteiger partial charge in [-0.3, -0.25) is 9.80 Å². The molecule has 1 saturated heterocycles. The van der Waals surface area contributed by atoms with Gasteiger partial charge >= 0.3 is 0 Å². The number of hydrogen-bond donors (Lipinski definition) is 0. The maximum absolute atomic E-state index is 8.91. The van der Waals surface area contributed by atoms with Crippen molar-refractivity contribution in [2.75, 3.05) is 19.6 Å². The largest absolute Gasteiger partial charge is 0.313 e. The van der Waals surface area contributed by atoms with Crippen LogP contribution in [-0.2, 0) is 13.1 Å². The van der Waals surface area contributed by atoms with E-state index in [2.05, 4.69) is 49.7 Å². The first kappa shape index (κ1) is 15.3. The summed E-state index contributed by atoms with van der Waals surface area (Å²) in [6.45, 7) is 9.43. The minimum Gasteiger partial charge on any atom is -0.313 e. The van der Waals surface area contributed by atoms with Crippen LogP contribution in [0.2, 0.25) is 0 Å². The lowest BCUT2D eigenvalue weighted by molar-refractivity contribution is -0.00465. The van der Waals surface area contributed by atoms with Gasteiger partial charge in [0.25, 0.3) is 0 Å². The molecule has 0 unspecified atom stereocenters. The van der Waals surface area contributed by atoms with Gasteiger partial charge in [-0.25, -0.2) is 0 Å². The molecule has 3 heterocycles. The molecule has 0 aliphatic carbocycles. The Bertz CT molecular complexity index is 766. The second-order valence-corrected chi connectivity index (χ2v) is 6.80. The van der Waals surface area contributed by atoms with Crippen LogP contribution < -0.4 is 0 Å². The molecule has 4 rings (SSSR count). The first-order valence-electron chi connectivity index (χ1n) is 8.52. The van der Waals surface area contributed by atoms with Gasteiger partial charge < -0.3 is 4.57 Å². The van der Waals surface area contributed by atoms with Gasteiger partial charge in [0.15, 0.2) is 0 Å². The molecule has 0 saturated carbocycles. The van der Waals surface area contributed by atoms with Crippen molar-refractivity contribution < 1.29 is 0 Å². The summed E-state index contributed by atoms with van der Waals surface area (Å²) in [5.74, 6) is 2.12. The molecule has 1 aromatic carbocycles. The quantitative estimate of drug-likeness (QED) is 0.861. The van der Waals surface area contributed by atoms with E-state index in [1.807, 2.05) is 19.1 Å². The molecule has 0 bridgehead atoms. The first-order chi connectivity index (χ1) is 11.7. The summed E-state index contributed by atoms with van der Waals surface area (Å²) in [5.41, 5.74) is 2.00. The van der Waals surface area contributed by atoms with Gasteiger partial charge in [-0.15, -0.1) is 10.2 Å². The lowest BCUT2D eigenvalue weighted by atomic mass is 9.98. The van der Waals surface area contributed by atoms with Crippen LogP contribution >= 0.6 is 0 Å². The molecule has 2 aliphatic rings. The minimum absolute atomic E-state index is 0.393. The van der Waals surface area contributed by atoms with E-state index in [1.165, 1.54) is 5.56 Å². The number of rotatable bonds is 3. The lowest BCUT2D eigenvalue weighted by Crippen LogP contribution is -2.60. The monoisotopic (exact) mass is 322 g/mol. The van der Waals surface area contributed by atoms with Crippen LogP contribution in [0.4, 0.5) is 0 Å². The highest BCUT2D eigenvalue weighted by atomic mass is 15.4. The van der Waals surface area contributed by atoms with Crippen LogP contribution in [0.15, 0.2) is 24.3 Å². The average Bonchev–Trinajstić information content (AvgIpc) is 2.94. The third-order valence-corrected chi connectivity index (χ3v) is 5.44. The molecule has 0 radical (unpaired) electrons. The highest BCUT2D eigenvalue weighted by Crippen LogP contribution is 2.29. The molecule has 1 aromatic heterocycles. The molecule has 0 spiro atoms. The van der Waals surface area contributed by atoms with Crippen LogP contribution in [0.1, 0.15) is 35.7 Å². The Balaban J connectivity index is 1.35. The van der Waals surface area contributed by atoms with Crippen LogP contribution in [0, 0.1) is 18.3 Å². The van der Waals surface area contributed by atoms with Gasteiger partial charge in [0.2, 0.25) is 0 Å². The Morgan fingerprint density at radius 1 is 1.17 bits per heavy atom. The number of benzene rings is 1. The molecule has 6 heteroatoms. The van der Waals surface area contributed by atoms with Gasteiger partial charge in [0.1, 0.15) is 11.6 Å². The Labute approximate surface area is 142 Å². The molecule has 2 aliphatic heterocycles. The molecule has 124 valence electrons. The van der Waals surface area contributed by atoms with E-state index in [0.717, 1.165) is 49.9 Å². The van der Waals surface area contributed by atoms with E-state index >= 15 is 0 Å². The number of nitrogens with zero attached hydrogens (tertiary/aromatic N) is 6. The van der Waals surface area contributed by atoms with Gasteiger partial charge in [-0.05, 0) is 31.5 Å². The number of hydrogen-bond acceptors (Lipinski definition) is 5. The second kappa shape index (κ2) is 6.00. The Kier molecular flexibility index (Phi) is 3.83. The van der Waals surface area contributed by atoms with E-state index in [1.54, 1.807) is 0 Å². The zero-order chi connectivity index (χ0) is 16.7. The van der Waals surface area contributed by atoms with Gasteiger partial charge in [0.05, 0.1) is 18.2 Å². The standard InChI is InChI=1S/C18H22N6/c1-13(16-5-3-15(9-19)4-6-16)23-10-17(11-23)22-7-8-24-14(2)20-21-18(24)12-22/h3-6,13,17H,7-8,10-12H2,1-2H3/t13-/m1/s1. The predicted octanol–water partition coefficient (Wildman–Crippen LogP) is 1.72. The SMILES string of the molecule is Cc1nnc2n1CCN(C1CN([C@H](C)c3ccc(C#N)cc3)C1)C2. The average molecular weight is 322 g/mol. The lowest BCUT2D eigenvalue weighted by Gasteiger charge is -2.49. The topological polar surface area (TPSA) is 61.0 Å². The number of likely N-dealkylation sites (tertiary alicyclic amines) is 1. The van der Waals surface area contributed by atoms with Crippen molar-refractivity contribution in [3.63, 3.8) is 0 Å². The zero-order valence-corrected chi connectivity index (χ0v) is 14.2. The van der Waals surface area contributed by atoms with E-state index < -0.39 is 0 Å². The molecule has 0 N–H and O–H groups in total. The molecule has 24 heavy (non-hydrogen) atoms. The van der Waals surface area contributed by atoms with Gasteiger partial charge in [-0.1, -0.05) is 12.1 Å². The molecule has 2 aromatic rings. The van der Waals surface area contributed by atoms with Crippen molar-refractivity contribution in [1.82, 2.24) is 24.6 Å². The third-order valence-electron chi connectivity index (χ3n) is 5.44. The fraction of sp³-hybridized carbons (Fsp3) is 0.500. The molecular formula is C18H22N6. The fourth-order valence-electron chi connectivity index (χ4n) is 3.72. The molecule has 1 fully saturated rings. The maximum Gasteiger partial charge on any atom is 0.147 e. The zero-order valence-electron chi connectivity index (χ0n) is 14.2. The van der Waals surface area contributed by atoms with E-state index in [-0.39, 0.29) is 0 Å². The molecule has 1 atom stereocenters. The maximum atomic E-state index is 8.91. The minimum atomic E-state index is 0.393. The summed E-state index contributed by atoms with van der Waals surface area (Å²) < 4.78 is 2.23. The summed E-state index contributed by atoms with van der Waals surface area (Å²) in [7, 11) is 0. The van der Waals surface area contributed by atoms with E-state index in [9.17, 15) is 0 Å². The molecule has 6 nitrogen and oxygen atoms in total. The van der Waals surface area contributed by atoms with Crippen molar-refractivity contribution in [3.8, 4) is 6.07 Å². The summed E-state index contributed by atoms with van der Waals surface area (Å²) >= 11 is 0. The number of aromatic nitrogens is 3. The van der Waals surface area contributed by atoms with Gasteiger partial charge in [0, 0.05) is 38.3 Å². The summed E-state index contributed by atoms with van der Waals surface area (Å²) in [4.78, 5) is 5.03. The van der Waals surface area contributed by atoms with Crippen molar-refractivity contribution >= 4 is 0 Å². The van der Waals surface area contributed by atoms with Crippen molar-refractivity contribution in [3.05, 3.63) is 47.0 Å². The van der Waals surface area contributed by atoms with Crippen LogP contribution in [0.5, 0.6) is 0 Å². The second-order valence-electron chi connectivity index (χ2n) is 6.80. The molecule has 0 amide bonds. The van der Waals surface area contributed by atoms with Crippen molar-refractivity contribution in [2.45, 2.75) is 39.0 Å². The van der Waals surface area contributed by atoms with Crippen LogP contribution in [0.3, 0.4) is 0 Å². The number of aryl methyl sites for hydroxylation is 1. The van der Waals surface area contributed by atoms with Crippen LogP contribution in [-0.4, -0.2) is 50.2 Å². The van der Waals surface area contributed by atoms with E-state index in [0.29, 0.717) is 12.1 Å². The van der Waals surface area contributed by atoms with Crippen molar-refractivity contribution in [2.24, 2.45) is 0 Å². The van der Waals surface area contributed by atoms with E-state index in [4.69, 9.17) is 5.26 Å². The Morgan fingerprint density at radius 2 is 1.92 bits per heavy atom. The fourth-order valence-corrected chi connectivity index (χ4v) is 3.72.